The van der Waals surface area contributed by atoms with Crippen molar-refractivity contribution in [2.24, 2.45) is 16.8 Å². The predicted molar refractivity (Wildman–Crippen MR) is 104 cm³/mol. The van der Waals surface area contributed by atoms with Gasteiger partial charge in [0.25, 0.3) is 0 Å². The number of benzene rings is 1. The van der Waals surface area contributed by atoms with Gasteiger partial charge in [-0.25, -0.2) is 0 Å². The van der Waals surface area contributed by atoms with Gasteiger partial charge in [0.05, 0.1) is 14.2 Å². The number of nitrogens with one attached hydrogen (secondary N) is 2. The molecule has 0 amide bonds. The third-order valence-electron chi connectivity index (χ3n) is 3.84. The van der Waals surface area contributed by atoms with Crippen LogP contribution >= 0.6 is 0 Å². The Balaban J connectivity index is 2.84. The summed E-state index contributed by atoms with van der Waals surface area (Å²) in [5, 5.41) is 15.8. The standard InChI is InChI=1S/C19H33N3O3/c1-6-20-19(21-13-15(9-10-23)11-14(2)3)22-16-7-8-17(24-4)18(12-16)25-5/h7-8,12,14-15,23H,6,9-11,13H2,1-5H3,(H2,20,21,22). The SMILES string of the molecule is CCNC(=NCC(CCO)CC(C)C)Nc1ccc(OC)c(OC)c1. The van der Waals surface area contributed by atoms with Gasteiger partial charge in [0.1, 0.15) is 0 Å². The van der Waals surface area contributed by atoms with Crippen molar-refractivity contribution in [3.8, 4) is 11.5 Å². The fourth-order valence-corrected chi connectivity index (χ4v) is 2.71. The van der Waals surface area contributed by atoms with Crippen LogP contribution in [0.5, 0.6) is 11.5 Å². The summed E-state index contributed by atoms with van der Waals surface area (Å²) in [6, 6.07) is 5.66. The number of hydrogen-bond donors (Lipinski definition) is 3. The zero-order valence-corrected chi connectivity index (χ0v) is 16.1. The van der Waals surface area contributed by atoms with Crippen molar-refractivity contribution in [3.05, 3.63) is 18.2 Å². The number of aliphatic hydroxyl groups excluding tert-OH is 1. The van der Waals surface area contributed by atoms with Gasteiger partial charge in [-0.15, -0.1) is 0 Å². The maximum atomic E-state index is 9.25. The van der Waals surface area contributed by atoms with Crippen LogP contribution in [0.1, 0.15) is 33.6 Å². The molecule has 1 unspecified atom stereocenters. The van der Waals surface area contributed by atoms with Crippen molar-refractivity contribution in [1.82, 2.24) is 5.32 Å². The molecule has 25 heavy (non-hydrogen) atoms. The first kappa shape index (κ1) is 21.1. The van der Waals surface area contributed by atoms with E-state index in [9.17, 15) is 5.11 Å². The van der Waals surface area contributed by atoms with Crippen molar-refractivity contribution in [2.75, 3.05) is 39.2 Å². The summed E-state index contributed by atoms with van der Waals surface area (Å²) in [5.74, 6) is 3.05. The molecule has 0 bridgehead atoms. The van der Waals surface area contributed by atoms with Crippen LogP contribution in [0.15, 0.2) is 23.2 Å². The molecule has 1 atom stereocenters. The van der Waals surface area contributed by atoms with Crippen LogP contribution in [0.3, 0.4) is 0 Å². The largest absolute Gasteiger partial charge is 0.493 e. The molecule has 0 aliphatic carbocycles. The molecule has 3 N–H and O–H groups in total. The smallest absolute Gasteiger partial charge is 0.195 e. The van der Waals surface area contributed by atoms with Gasteiger partial charge in [0, 0.05) is 31.5 Å². The second-order valence-electron chi connectivity index (χ2n) is 6.42. The normalized spacial score (nSPS) is 12.8. The Bertz CT molecular complexity index is 533. The number of methoxy groups -OCH3 is 2. The van der Waals surface area contributed by atoms with Crippen LogP contribution in [0.2, 0.25) is 0 Å². The fraction of sp³-hybridized carbons (Fsp3) is 0.632. The van der Waals surface area contributed by atoms with Gasteiger partial charge < -0.3 is 25.2 Å². The molecule has 1 aromatic carbocycles. The molecule has 0 saturated carbocycles. The number of anilines is 1. The molecule has 0 spiro atoms. The molecular formula is C19H33N3O3. The van der Waals surface area contributed by atoms with Crippen molar-refractivity contribution in [1.29, 1.82) is 0 Å². The summed E-state index contributed by atoms with van der Waals surface area (Å²) in [7, 11) is 3.23. The van der Waals surface area contributed by atoms with Crippen LogP contribution < -0.4 is 20.1 Å². The predicted octanol–water partition coefficient (Wildman–Crippen LogP) is 3.13. The van der Waals surface area contributed by atoms with Crippen molar-refractivity contribution < 1.29 is 14.6 Å². The summed E-state index contributed by atoms with van der Waals surface area (Å²) in [4.78, 5) is 4.69. The number of aliphatic hydroxyl groups is 1. The summed E-state index contributed by atoms with van der Waals surface area (Å²) in [6.07, 6.45) is 1.83. The Morgan fingerprint density at radius 2 is 1.92 bits per heavy atom. The summed E-state index contributed by atoms with van der Waals surface area (Å²) in [5.41, 5.74) is 0.875. The van der Waals surface area contributed by atoms with Crippen LogP contribution in [0.25, 0.3) is 0 Å². The molecule has 0 aliphatic rings. The molecule has 1 rings (SSSR count). The van der Waals surface area contributed by atoms with E-state index in [1.165, 1.54) is 0 Å². The maximum Gasteiger partial charge on any atom is 0.195 e. The van der Waals surface area contributed by atoms with E-state index in [1.807, 2.05) is 25.1 Å². The van der Waals surface area contributed by atoms with E-state index in [4.69, 9.17) is 14.5 Å². The minimum absolute atomic E-state index is 0.201. The molecule has 0 fully saturated rings. The van der Waals surface area contributed by atoms with Gasteiger partial charge in [0.15, 0.2) is 17.5 Å². The third-order valence-corrected chi connectivity index (χ3v) is 3.84. The molecule has 142 valence electrons. The van der Waals surface area contributed by atoms with Gasteiger partial charge in [0.2, 0.25) is 0 Å². The minimum Gasteiger partial charge on any atom is -0.493 e. The highest BCUT2D eigenvalue weighted by Crippen LogP contribution is 2.29. The van der Waals surface area contributed by atoms with E-state index in [-0.39, 0.29) is 6.61 Å². The molecule has 0 aromatic heterocycles. The molecule has 6 nitrogen and oxygen atoms in total. The Morgan fingerprint density at radius 3 is 2.48 bits per heavy atom. The Labute approximate surface area is 151 Å². The van der Waals surface area contributed by atoms with E-state index in [1.54, 1.807) is 14.2 Å². The molecule has 0 heterocycles. The molecule has 0 radical (unpaired) electrons. The van der Waals surface area contributed by atoms with Crippen LogP contribution in [-0.4, -0.2) is 45.0 Å². The number of nitrogens with zero attached hydrogens (tertiary/aromatic N) is 1. The van der Waals surface area contributed by atoms with Gasteiger partial charge in [-0.1, -0.05) is 13.8 Å². The highest BCUT2D eigenvalue weighted by Gasteiger charge is 2.11. The second-order valence-corrected chi connectivity index (χ2v) is 6.42. The third kappa shape index (κ3) is 7.65. The maximum absolute atomic E-state index is 9.25. The zero-order chi connectivity index (χ0) is 18.7. The molecular weight excluding hydrogens is 318 g/mol. The molecule has 1 aromatic rings. The van der Waals surface area contributed by atoms with Crippen LogP contribution in [0.4, 0.5) is 5.69 Å². The first-order valence-corrected chi connectivity index (χ1v) is 8.92. The monoisotopic (exact) mass is 351 g/mol. The lowest BCUT2D eigenvalue weighted by atomic mass is 9.94. The molecule has 6 heteroatoms. The van der Waals surface area contributed by atoms with Crippen LogP contribution in [0, 0.1) is 11.8 Å². The van der Waals surface area contributed by atoms with Gasteiger partial charge >= 0.3 is 0 Å². The topological polar surface area (TPSA) is 75.1 Å². The molecule has 0 saturated heterocycles. The number of hydrogen-bond acceptors (Lipinski definition) is 4. The lowest BCUT2D eigenvalue weighted by Gasteiger charge is -2.18. The lowest BCUT2D eigenvalue weighted by molar-refractivity contribution is 0.246. The first-order chi connectivity index (χ1) is 12.0. The van der Waals surface area contributed by atoms with Gasteiger partial charge in [-0.3, -0.25) is 4.99 Å². The van der Waals surface area contributed by atoms with E-state index in [2.05, 4.69) is 24.5 Å². The Morgan fingerprint density at radius 1 is 1.20 bits per heavy atom. The van der Waals surface area contributed by atoms with E-state index in [0.29, 0.717) is 29.9 Å². The summed E-state index contributed by atoms with van der Waals surface area (Å²) in [6.45, 7) is 8.08. The van der Waals surface area contributed by atoms with Gasteiger partial charge in [-0.05, 0) is 43.7 Å². The number of ether oxygens (including phenoxy) is 2. The van der Waals surface area contributed by atoms with E-state index < -0.39 is 0 Å². The highest BCUT2D eigenvalue weighted by atomic mass is 16.5. The average molecular weight is 351 g/mol. The lowest BCUT2D eigenvalue weighted by Crippen LogP contribution is -2.31. The zero-order valence-electron chi connectivity index (χ0n) is 16.1. The first-order valence-electron chi connectivity index (χ1n) is 8.92. The highest BCUT2D eigenvalue weighted by molar-refractivity contribution is 5.93. The van der Waals surface area contributed by atoms with Crippen molar-refractivity contribution in [2.45, 2.75) is 33.6 Å². The summed E-state index contributed by atoms with van der Waals surface area (Å²) >= 11 is 0. The second kappa shape index (κ2) is 11.6. The van der Waals surface area contributed by atoms with E-state index in [0.717, 1.165) is 31.0 Å². The fourth-order valence-electron chi connectivity index (χ4n) is 2.71. The Kier molecular flexibility index (Phi) is 9.77. The number of guanidine groups is 1. The number of aliphatic imine (C=N–C) groups is 1. The minimum atomic E-state index is 0.201. The van der Waals surface area contributed by atoms with E-state index >= 15 is 0 Å². The quantitative estimate of drug-likeness (QED) is 0.446. The van der Waals surface area contributed by atoms with Crippen molar-refractivity contribution >= 4 is 11.6 Å². The number of rotatable bonds is 10. The summed E-state index contributed by atoms with van der Waals surface area (Å²) < 4.78 is 10.6. The van der Waals surface area contributed by atoms with Crippen molar-refractivity contribution in [3.63, 3.8) is 0 Å². The van der Waals surface area contributed by atoms with Crippen LogP contribution in [-0.2, 0) is 0 Å². The Hall–Kier alpha value is -1.95. The van der Waals surface area contributed by atoms with Gasteiger partial charge in [-0.2, -0.15) is 0 Å². The average Bonchev–Trinajstić information content (AvgIpc) is 2.59. The molecule has 0 aliphatic heterocycles.